The van der Waals surface area contributed by atoms with E-state index in [1.54, 1.807) is 12.5 Å². The molecule has 0 radical (unpaired) electrons. The average Bonchev–Trinajstić information content (AvgIpc) is 3.40. The van der Waals surface area contributed by atoms with Crippen molar-refractivity contribution in [1.29, 1.82) is 0 Å². The van der Waals surface area contributed by atoms with Gasteiger partial charge < -0.3 is 19.3 Å². The number of aromatic nitrogens is 3. The molecule has 0 spiro atoms. The quantitative estimate of drug-likeness (QED) is 0.565. The molecule has 9 heteroatoms. The zero-order valence-corrected chi connectivity index (χ0v) is 17.1. The zero-order valence-electron chi connectivity index (χ0n) is 15.6. The Morgan fingerprint density at radius 3 is 2.97 bits per heavy atom. The average molecular weight is 435 g/mol. The van der Waals surface area contributed by atoms with Gasteiger partial charge in [-0.05, 0) is 24.6 Å². The summed E-state index contributed by atoms with van der Waals surface area (Å²) in [7, 11) is 0. The van der Waals surface area contributed by atoms with Crippen molar-refractivity contribution in [3.05, 3.63) is 47.0 Å². The van der Waals surface area contributed by atoms with E-state index in [0.717, 1.165) is 36.4 Å². The second-order valence-electron chi connectivity index (χ2n) is 7.05. The number of rotatable bonds is 7. The lowest BCUT2D eigenvalue weighted by molar-refractivity contribution is -0.138. The molecule has 29 heavy (non-hydrogen) atoms. The number of ether oxygens (including phenoxy) is 1. The molecule has 3 heterocycles. The van der Waals surface area contributed by atoms with Crippen LogP contribution in [0.15, 0.2) is 36.9 Å². The van der Waals surface area contributed by atoms with Gasteiger partial charge in [0, 0.05) is 36.8 Å². The van der Waals surface area contributed by atoms with E-state index in [9.17, 15) is 4.79 Å². The molecule has 1 aliphatic rings. The summed E-state index contributed by atoms with van der Waals surface area (Å²) in [5.41, 5.74) is 1.53. The highest BCUT2D eigenvalue weighted by atomic mass is 35.5. The number of anilines is 1. The number of halogens is 2. The van der Waals surface area contributed by atoms with Gasteiger partial charge in [0.15, 0.2) is 0 Å². The van der Waals surface area contributed by atoms with Crippen LogP contribution in [-0.4, -0.2) is 51.9 Å². The minimum Gasteiger partial charge on any atom is -0.481 e. The molecule has 4 rings (SSSR count). The van der Waals surface area contributed by atoms with E-state index in [4.69, 9.17) is 38.0 Å². The molecule has 1 N–H and O–H groups in total. The normalized spacial score (nSPS) is 16.6. The van der Waals surface area contributed by atoms with Crippen molar-refractivity contribution in [3.63, 3.8) is 0 Å². The topological polar surface area (TPSA) is 80.5 Å². The van der Waals surface area contributed by atoms with Crippen molar-refractivity contribution in [2.75, 3.05) is 31.2 Å². The summed E-state index contributed by atoms with van der Waals surface area (Å²) in [5.74, 6) is 0.341. The summed E-state index contributed by atoms with van der Waals surface area (Å²) >= 11 is 12.8. The maximum absolute atomic E-state index is 10.6. The van der Waals surface area contributed by atoms with Crippen molar-refractivity contribution >= 4 is 45.9 Å². The van der Waals surface area contributed by atoms with Crippen molar-refractivity contribution in [1.82, 2.24) is 14.5 Å². The first-order valence-corrected chi connectivity index (χ1v) is 10.1. The van der Waals surface area contributed by atoms with Gasteiger partial charge in [0.05, 0.1) is 47.2 Å². The number of hydrogen-bond donors (Lipinski definition) is 1. The summed E-state index contributed by atoms with van der Waals surface area (Å²) in [5, 5.41) is 10.5. The van der Waals surface area contributed by atoms with Crippen LogP contribution in [0.1, 0.15) is 12.8 Å². The molecule has 1 saturated heterocycles. The fourth-order valence-corrected chi connectivity index (χ4v) is 3.97. The number of fused-ring (bicyclic) bond motifs is 1. The van der Waals surface area contributed by atoms with E-state index >= 15 is 0 Å². The van der Waals surface area contributed by atoms with E-state index in [1.165, 1.54) is 0 Å². The van der Waals surface area contributed by atoms with E-state index < -0.39 is 5.97 Å². The van der Waals surface area contributed by atoms with Crippen LogP contribution >= 0.6 is 23.2 Å². The van der Waals surface area contributed by atoms with Gasteiger partial charge in [-0.15, -0.1) is 0 Å². The highest BCUT2D eigenvalue weighted by molar-refractivity contribution is 6.45. The molecular weight excluding hydrogens is 415 g/mol. The number of hydrogen-bond acceptors (Lipinski definition) is 5. The third-order valence-corrected chi connectivity index (χ3v) is 5.82. The number of nitrogens with zero attached hydrogens (tertiary/aromatic N) is 4. The summed E-state index contributed by atoms with van der Waals surface area (Å²) < 4.78 is 7.38. The molecule has 1 aromatic carbocycles. The number of carboxylic acids is 1. The lowest BCUT2D eigenvalue weighted by Crippen LogP contribution is -2.22. The molecule has 152 valence electrons. The lowest BCUT2D eigenvalue weighted by atomic mass is 10.1. The number of pyridine rings is 1. The van der Waals surface area contributed by atoms with Gasteiger partial charge in [-0.2, -0.15) is 0 Å². The SMILES string of the molecule is O=C(O)CCOC[C@H]1CCN(c2ccc3c(-n4ccnc4)cc(Cl)c(Cl)c3n2)C1. The summed E-state index contributed by atoms with van der Waals surface area (Å²) in [4.78, 5) is 21.7. The molecule has 0 aliphatic carbocycles. The maximum atomic E-state index is 10.6. The minimum absolute atomic E-state index is 0.0289. The lowest BCUT2D eigenvalue weighted by Gasteiger charge is -2.19. The molecule has 7 nitrogen and oxygen atoms in total. The molecule has 0 amide bonds. The molecule has 2 aromatic heterocycles. The van der Waals surface area contributed by atoms with Crippen molar-refractivity contribution < 1.29 is 14.6 Å². The van der Waals surface area contributed by atoms with Crippen LogP contribution in [0.5, 0.6) is 0 Å². The molecule has 0 bridgehead atoms. The predicted molar refractivity (Wildman–Crippen MR) is 112 cm³/mol. The van der Waals surface area contributed by atoms with Crippen LogP contribution in [0.3, 0.4) is 0 Å². The Kier molecular flexibility index (Phi) is 5.89. The van der Waals surface area contributed by atoms with E-state index in [2.05, 4.69) is 9.88 Å². The van der Waals surface area contributed by atoms with Crippen LogP contribution in [0.2, 0.25) is 10.0 Å². The summed E-state index contributed by atoms with van der Waals surface area (Å²) in [6, 6.07) is 5.81. The van der Waals surface area contributed by atoms with Gasteiger partial charge in [-0.25, -0.2) is 9.97 Å². The van der Waals surface area contributed by atoms with Crippen LogP contribution in [0.4, 0.5) is 5.82 Å². The Morgan fingerprint density at radius 2 is 2.21 bits per heavy atom. The molecular formula is C20H20Cl2N4O3. The summed E-state index contributed by atoms with van der Waals surface area (Å²) in [6.07, 6.45) is 6.27. The van der Waals surface area contributed by atoms with E-state index in [-0.39, 0.29) is 13.0 Å². The monoisotopic (exact) mass is 434 g/mol. The van der Waals surface area contributed by atoms with E-state index in [1.807, 2.05) is 29.0 Å². The van der Waals surface area contributed by atoms with Gasteiger partial charge >= 0.3 is 5.97 Å². The Labute approximate surface area is 177 Å². The third kappa shape index (κ3) is 4.32. The summed E-state index contributed by atoms with van der Waals surface area (Å²) in [6.45, 7) is 2.45. The Hall–Kier alpha value is -2.35. The van der Waals surface area contributed by atoms with Crippen LogP contribution < -0.4 is 4.90 Å². The smallest absolute Gasteiger partial charge is 0.305 e. The van der Waals surface area contributed by atoms with Crippen molar-refractivity contribution in [3.8, 4) is 5.69 Å². The molecule has 1 fully saturated rings. The zero-order chi connectivity index (χ0) is 20.4. The van der Waals surface area contributed by atoms with Crippen LogP contribution in [0, 0.1) is 5.92 Å². The Morgan fingerprint density at radius 1 is 1.34 bits per heavy atom. The minimum atomic E-state index is -0.844. The molecule has 1 atom stereocenters. The predicted octanol–water partition coefficient (Wildman–Crippen LogP) is 4.04. The van der Waals surface area contributed by atoms with Crippen molar-refractivity contribution in [2.24, 2.45) is 5.92 Å². The number of carbonyl (C=O) groups is 1. The largest absolute Gasteiger partial charge is 0.481 e. The van der Waals surface area contributed by atoms with Gasteiger partial charge in [-0.3, -0.25) is 4.79 Å². The van der Waals surface area contributed by atoms with E-state index in [0.29, 0.717) is 28.1 Å². The molecule has 0 unspecified atom stereocenters. The Bertz CT molecular complexity index is 1030. The Balaban J connectivity index is 1.54. The van der Waals surface area contributed by atoms with Gasteiger partial charge in [0.2, 0.25) is 0 Å². The maximum Gasteiger partial charge on any atom is 0.305 e. The first kappa shape index (κ1) is 19.9. The third-order valence-electron chi connectivity index (χ3n) is 5.04. The number of imidazole rings is 1. The van der Waals surface area contributed by atoms with Gasteiger partial charge in [0.1, 0.15) is 5.82 Å². The molecule has 3 aromatic rings. The fraction of sp³-hybridized carbons (Fsp3) is 0.350. The highest BCUT2D eigenvalue weighted by Crippen LogP contribution is 2.36. The second kappa shape index (κ2) is 8.57. The van der Waals surface area contributed by atoms with Gasteiger partial charge in [-0.1, -0.05) is 23.2 Å². The van der Waals surface area contributed by atoms with Gasteiger partial charge in [0.25, 0.3) is 0 Å². The first-order chi connectivity index (χ1) is 14.0. The highest BCUT2D eigenvalue weighted by Gasteiger charge is 2.24. The number of aliphatic carboxylic acids is 1. The number of benzene rings is 1. The second-order valence-corrected chi connectivity index (χ2v) is 7.83. The van der Waals surface area contributed by atoms with Crippen LogP contribution in [0.25, 0.3) is 16.6 Å². The van der Waals surface area contributed by atoms with Crippen molar-refractivity contribution in [2.45, 2.75) is 12.8 Å². The fourth-order valence-electron chi connectivity index (χ4n) is 3.57. The molecule has 1 aliphatic heterocycles. The number of carboxylic acid groups (broad SMARTS) is 1. The van der Waals surface area contributed by atoms with Crippen LogP contribution in [-0.2, 0) is 9.53 Å². The first-order valence-electron chi connectivity index (χ1n) is 9.34. The standard InChI is InChI=1S/C20H20Cl2N4O3/c21-15-9-16(26-7-5-23-12-26)14-1-2-17(24-20(14)19(15)22)25-6-3-13(10-25)11-29-8-4-18(27)28/h1-2,5,7,9,12-13H,3-4,6,8,10-11H2,(H,27,28)/t13-/m0/s1. The molecule has 0 saturated carbocycles.